The number of hydrogen-bond acceptors (Lipinski definition) is 2. The maximum absolute atomic E-state index is 6.34. The Bertz CT molecular complexity index is 737. The number of benzene rings is 2. The normalized spacial score (nSPS) is 13.5. The third-order valence-corrected chi connectivity index (χ3v) is 15.9. The van der Waals surface area contributed by atoms with Gasteiger partial charge in [0.25, 0.3) is 0 Å². The van der Waals surface area contributed by atoms with E-state index in [0.29, 0.717) is 13.2 Å². The molecule has 0 atom stereocenters. The van der Waals surface area contributed by atoms with Crippen LogP contribution >= 0.6 is 0 Å². The maximum Gasteiger partial charge on any atom is 0.192 e. The van der Waals surface area contributed by atoms with Gasteiger partial charge in [0.05, 0.1) is 13.2 Å². The molecule has 0 amide bonds. The van der Waals surface area contributed by atoms with E-state index in [4.69, 9.17) is 8.85 Å². The summed E-state index contributed by atoms with van der Waals surface area (Å²) in [6.07, 6.45) is 0. The summed E-state index contributed by atoms with van der Waals surface area (Å²) in [5, 5.41) is 0.460. The van der Waals surface area contributed by atoms with Gasteiger partial charge in [0.2, 0.25) is 0 Å². The SMILES string of the molecule is CC(C)(C)[Si](C)(C)OCc1[c]cc(-c2ccc(CO[Si](C)(C)C(C)(C)C)cc2)cc1. The summed E-state index contributed by atoms with van der Waals surface area (Å²) in [4.78, 5) is 0. The van der Waals surface area contributed by atoms with Crippen molar-refractivity contribution in [2.75, 3.05) is 0 Å². The molecule has 0 bridgehead atoms. The Morgan fingerprint density at radius 3 is 1.57 bits per heavy atom. The van der Waals surface area contributed by atoms with Crippen LogP contribution in [-0.2, 0) is 22.1 Å². The van der Waals surface area contributed by atoms with Gasteiger partial charge in [-0.3, -0.25) is 0 Å². The van der Waals surface area contributed by atoms with Gasteiger partial charge in [-0.15, -0.1) is 0 Å². The minimum Gasteiger partial charge on any atom is -0.413 e. The van der Waals surface area contributed by atoms with Gasteiger partial charge in [-0.05, 0) is 70.7 Å². The van der Waals surface area contributed by atoms with Crippen molar-refractivity contribution in [2.45, 2.75) is 91.0 Å². The van der Waals surface area contributed by atoms with Crippen molar-refractivity contribution in [2.24, 2.45) is 0 Å². The summed E-state index contributed by atoms with van der Waals surface area (Å²) >= 11 is 0. The molecule has 0 fully saturated rings. The molecule has 2 nitrogen and oxygen atoms in total. The average Bonchev–Trinajstić information content (AvgIpc) is 2.64. The highest BCUT2D eigenvalue weighted by atomic mass is 28.4. The van der Waals surface area contributed by atoms with E-state index in [1.165, 1.54) is 16.7 Å². The Kier molecular flexibility index (Phi) is 7.61. The first kappa shape index (κ1) is 25.1. The lowest BCUT2D eigenvalue weighted by Gasteiger charge is -2.36. The van der Waals surface area contributed by atoms with Gasteiger partial charge in [-0.2, -0.15) is 0 Å². The van der Waals surface area contributed by atoms with Crippen LogP contribution in [0.3, 0.4) is 0 Å². The summed E-state index contributed by atoms with van der Waals surface area (Å²) in [5.41, 5.74) is 4.73. The molecule has 1 radical (unpaired) electrons. The fourth-order valence-electron chi connectivity index (χ4n) is 2.47. The molecule has 165 valence electrons. The summed E-state index contributed by atoms with van der Waals surface area (Å²) in [5.74, 6) is 0. The van der Waals surface area contributed by atoms with Crippen LogP contribution in [-0.4, -0.2) is 16.6 Å². The Morgan fingerprint density at radius 2 is 1.13 bits per heavy atom. The molecule has 2 aromatic rings. The van der Waals surface area contributed by atoms with Crippen LogP contribution in [0.2, 0.25) is 36.3 Å². The van der Waals surface area contributed by atoms with Crippen molar-refractivity contribution in [3.8, 4) is 11.1 Å². The predicted molar refractivity (Wildman–Crippen MR) is 135 cm³/mol. The lowest BCUT2D eigenvalue weighted by molar-refractivity contribution is 0.276. The van der Waals surface area contributed by atoms with Gasteiger partial charge in [-0.1, -0.05) is 77.9 Å². The Labute approximate surface area is 187 Å². The van der Waals surface area contributed by atoms with Crippen molar-refractivity contribution < 1.29 is 8.85 Å². The monoisotopic (exact) mass is 441 g/mol. The zero-order valence-corrected chi connectivity index (χ0v) is 22.8. The van der Waals surface area contributed by atoms with Gasteiger partial charge >= 0.3 is 0 Å². The zero-order valence-electron chi connectivity index (χ0n) is 20.8. The van der Waals surface area contributed by atoms with Gasteiger partial charge in [0.15, 0.2) is 16.6 Å². The van der Waals surface area contributed by atoms with E-state index < -0.39 is 16.6 Å². The molecule has 0 saturated carbocycles. The lowest BCUT2D eigenvalue weighted by atomic mass is 10.0. The van der Waals surface area contributed by atoms with E-state index in [-0.39, 0.29) is 10.1 Å². The van der Waals surface area contributed by atoms with Crippen molar-refractivity contribution >= 4 is 16.6 Å². The van der Waals surface area contributed by atoms with Crippen molar-refractivity contribution in [3.63, 3.8) is 0 Å². The molecule has 0 N–H and O–H groups in total. The van der Waals surface area contributed by atoms with E-state index >= 15 is 0 Å². The van der Waals surface area contributed by atoms with Crippen LogP contribution in [0, 0.1) is 6.07 Å². The van der Waals surface area contributed by atoms with Crippen LogP contribution in [0.5, 0.6) is 0 Å². The van der Waals surface area contributed by atoms with Crippen molar-refractivity contribution in [1.29, 1.82) is 0 Å². The highest BCUT2D eigenvalue weighted by Gasteiger charge is 2.37. The summed E-state index contributed by atoms with van der Waals surface area (Å²) < 4.78 is 12.7. The van der Waals surface area contributed by atoms with Crippen molar-refractivity contribution in [3.05, 3.63) is 59.7 Å². The van der Waals surface area contributed by atoms with Crippen LogP contribution in [0.4, 0.5) is 0 Å². The zero-order chi connectivity index (χ0) is 22.8. The molecule has 0 aliphatic carbocycles. The van der Waals surface area contributed by atoms with Crippen LogP contribution in [0.1, 0.15) is 52.7 Å². The second-order valence-corrected chi connectivity index (χ2v) is 21.0. The largest absolute Gasteiger partial charge is 0.413 e. The van der Waals surface area contributed by atoms with Crippen molar-refractivity contribution in [1.82, 2.24) is 0 Å². The quantitative estimate of drug-likeness (QED) is 0.403. The Morgan fingerprint density at radius 1 is 0.667 bits per heavy atom. The van der Waals surface area contributed by atoms with E-state index in [9.17, 15) is 0 Å². The molecule has 2 rings (SSSR count). The number of hydrogen-bond donors (Lipinski definition) is 0. The molecule has 0 saturated heterocycles. The highest BCUT2D eigenvalue weighted by Crippen LogP contribution is 2.38. The molecule has 0 aliphatic heterocycles. The van der Waals surface area contributed by atoms with Crippen LogP contribution in [0.15, 0.2) is 42.5 Å². The molecule has 0 aliphatic rings. The van der Waals surface area contributed by atoms with Crippen LogP contribution in [0.25, 0.3) is 11.1 Å². The minimum absolute atomic E-state index is 0.225. The fraction of sp³-hybridized carbons (Fsp3) is 0.538. The molecular formula is C26H41O2Si2. The second kappa shape index (κ2) is 9.11. The molecule has 30 heavy (non-hydrogen) atoms. The third kappa shape index (κ3) is 6.40. The highest BCUT2D eigenvalue weighted by molar-refractivity contribution is 6.74. The second-order valence-electron chi connectivity index (χ2n) is 11.4. The van der Waals surface area contributed by atoms with Crippen LogP contribution < -0.4 is 0 Å². The Hall–Kier alpha value is -1.21. The van der Waals surface area contributed by atoms with Gasteiger partial charge in [0.1, 0.15) is 0 Å². The molecule has 0 aromatic heterocycles. The van der Waals surface area contributed by atoms with Gasteiger partial charge in [-0.25, -0.2) is 0 Å². The maximum atomic E-state index is 6.34. The average molecular weight is 442 g/mol. The standard InChI is InChI=1S/C26H41O2Si2/c1-25(2,3)29(7,8)27-19-21-11-15-23(16-12-21)24-17-13-22(14-18-24)20-28-30(9,10)26(4,5)6/h11-13,15-18H,19-20H2,1-10H3. The fourth-order valence-corrected chi connectivity index (χ4v) is 4.38. The van der Waals surface area contributed by atoms with E-state index in [1.54, 1.807) is 0 Å². The smallest absolute Gasteiger partial charge is 0.192 e. The Balaban J connectivity index is 1.99. The van der Waals surface area contributed by atoms with E-state index in [1.807, 2.05) is 0 Å². The first-order chi connectivity index (χ1) is 13.6. The first-order valence-corrected chi connectivity index (χ1v) is 16.8. The molecule has 2 aromatic carbocycles. The summed E-state index contributed by atoms with van der Waals surface area (Å²) in [6.45, 7) is 24.1. The minimum atomic E-state index is -1.73. The summed E-state index contributed by atoms with van der Waals surface area (Å²) in [6, 6.07) is 18.5. The molecule has 0 heterocycles. The summed E-state index contributed by atoms with van der Waals surface area (Å²) in [7, 11) is -3.45. The molecular weight excluding hydrogens is 400 g/mol. The third-order valence-electron chi connectivity index (χ3n) is 6.96. The number of rotatable bonds is 7. The first-order valence-electron chi connectivity index (χ1n) is 11.0. The van der Waals surface area contributed by atoms with E-state index in [2.05, 4.69) is 116 Å². The van der Waals surface area contributed by atoms with Gasteiger partial charge in [0, 0.05) is 0 Å². The molecule has 0 spiro atoms. The molecule has 0 unspecified atom stereocenters. The topological polar surface area (TPSA) is 18.5 Å². The van der Waals surface area contributed by atoms with E-state index in [0.717, 1.165) is 5.56 Å². The lowest BCUT2D eigenvalue weighted by Crippen LogP contribution is -2.40. The predicted octanol–water partition coefficient (Wildman–Crippen LogP) is 8.20. The van der Waals surface area contributed by atoms with Gasteiger partial charge < -0.3 is 8.85 Å². The molecule has 4 heteroatoms.